The zero-order valence-electron chi connectivity index (χ0n) is 10.6. The summed E-state index contributed by atoms with van der Waals surface area (Å²) in [5, 5.41) is 3.43. The number of benzene rings is 1. The Morgan fingerprint density at radius 3 is 2.56 bits per heavy atom. The molecule has 0 saturated carbocycles. The molecule has 2 heteroatoms. The van der Waals surface area contributed by atoms with Crippen LogP contribution in [0.1, 0.15) is 23.6 Å². The molecule has 1 aliphatic heterocycles. The molecule has 1 atom stereocenters. The SMILES string of the molecule is Cc1cc(C)cc(CN2CCNCC2C)c1. The van der Waals surface area contributed by atoms with Crippen LogP contribution in [0.4, 0.5) is 0 Å². The van der Waals surface area contributed by atoms with E-state index in [9.17, 15) is 0 Å². The Morgan fingerprint density at radius 1 is 1.25 bits per heavy atom. The first-order chi connectivity index (χ1) is 7.65. The fraction of sp³-hybridized carbons (Fsp3) is 0.571. The highest BCUT2D eigenvalue weighted by molar-refractivity contribution is 5.28. The number of rotatable bonds is 2. The molecule has 16 heavy (non-hydrogen) atoms. The first kappa shape index (κ1) is 11.6. The van der Waals surface area contributed by atoms with Gasteiger partial charge in [-0.25, -0.2) is 0 Å². The van der Waals surface area contributed by atoms with Crippen molar-refractivity contribution in [3.8, 4) is 0 Å². The Bertz CT molecular complexity index is 340. The zero-order chi connectivity index (χ0) is 11.5. The predicted octanol–water partition coefficient (Wildman–Crippen LogP) is 2.10. The fourth-order valence-electron chi connectivity index (χ4n) is 2.51. The van der Waals surface area contributed by atoms with Gasteiger partial charge in [-0.2, -0.15) is 0 Å². The van der Waals surface area contributed by atoms with Crippen molar-refractivity contribution < 1.29 is 0 Å². The number of piperazine rings is 1. The molecule has 0 aliphatic carbocycles. The van der Waals surface area contributed by atoms with Gasteiger partial charge in [0.15, 0.2) is 0 Å². The van der Waals surface area contributed by atoms with Crippen LogP contribution in [0.25, 0.3) is 0 Å². The largest absolute Gasteiger partial charge is 0.314 e. The molecule has 1 aromatic rings. The van der Waals surface area contributed by atoms with Crippen molar-refractivity contribution in [1.29, 1.82) is 0 Å². The summed E-state index contributed by atoms with van der Waals surface area (Å²) in [7, 11) is 0. The Kier molecular flexibility index (Phi) is 3.62. The molecule has 2 nitrogen and oxygen atoms in total. The molecule has 2 rings (SSSR count). The second-order valence-corrected chi connectivity index (χ2v) is 5.02. The van der Waals surface area contributed by atoms with E-state index in [0.29, 0.717) is 6.04 Å². The van der Waals surface area contributed by atoms with E-state index < -0.39 is 0 Å². The Labute approximate surface area is 98.7 Å². The van der Waals surface area contributed by atoms with Crippen molar-refractivity contribution in [2.24, 2.45) is 0 Å². The number of nitrogens with one attached hydrogen (secondary N) is 1. The van der Waals surface area contributed by atoms with E-state index in [0.717, 1.165) is 26.2 Å². The molecule has 88 valence electrons. The molecule has 1 saturated heterocycles. The van der Waals surface area contributed by atoms with Crippen LogP contribution >= 0.6 is 0 Å². The molecule has 1 N–H and O–H groups in total. The second kappa shape index (κ2) is 4.98. The first-order valence-corrected chi connectivity index (χ1v) is 6.17. The van der Waals surface area contributed by atoms with Gasteiger partial charge in [0.1, 0.15) is 0 Å². The van der Waals surface area contributed by atoms with E-state index in [1.165, 1.54) is 16.7 Å². The van der Waals surface area contributed by atoms with Gasteiger partial charge in [-0.3, -0.25) is 4.90 Å². The van der Waals surface area contributed by atoms with Crippen LogP contribution in [0.3, 0.4) is 0 Å². The van der Waals surface area contributed by atoms with Gasteiger partial charge in [-0.15, -0.1) is 0 Å². The molecule has 1 fully saturated rings. The van der Waals surface area contributed by atoms with Crippen LogP contribution in [0.2, 0.25) is 0 Å². The van der Waals surface area contributed by atoms with Gasteiger partial charge in [-0.05, 0) is 26.3 Å². The smallest absolute Gasteiger partial charge is 0.0237 e. The fourth-order valence-corrected chi connectivity index (χ4v) is 2.51. The summed E-state index contributed by atoms with van der Waals surface area (Å²) in [5.41, 5.74) is 4.20. The number of hydrogen-bond acceptors (Lipinski definition) is 2. The topological polar surface area (TPSA) is 15.3 Å². The van der Waals surface area contributed by atoms with Gasteiger partial charge in [0.25, 0.3) is 0 Å². The van der Waals surface area contributed by atoms with Crippen LogP contribution in [-0.2, 0) is 6.54 Å². The van der Waals surface area contributed by atoms with Gasteiger partial charge < -0.3 is 5.32 Å². The standard InChI is InChI=1S/C14H22N2/c1-11-6-12(2)8-14(7-11)10-16-5-4-15-9-13(16)3/h6-8,13,15H,4-5,9-10H2,1-3H3. The second-order valence-electron chi connectivity index (χ2n) is 5.02. The molecule has 1 aromatic carbocycles. The Hall–Kier alpha value is -0.860. The summed E-state index contributed by atoms with van der Waals surface area (Å²) in [6.45, 7) is 11.1. The van der Waals surface area contributed by atoms with Crippen LogP contribution in [0, 0.1) is 13.8 Å². The third-order valence-corrected chi connectivity index (χ3v) is 3.31. The average molecular weight is 218 g/mol. The lowest BCUT2D eigenvalue weighted by molar-refractivity contribution is 0.165. The summed E-state index contributed by atoms with van der Waals surface area (Å²) < 4.78 is 0. The monoisotopic (exact) mass is 218 g/mol. The summed E-state index contributed by atoms with van der Waals surface area (Å²) in [4.78, 5) is 2.56. The van der Waals surface area contributed by atoms with Crippen molar-refractivity contribution in [3.05, 3.63) is 34.9 Å². The molecular weight excluding hydrogens is 196 g/mol. The van der Waals surface area contributed by atoms with Crippen molar-refractivity contribution >= 4 is 0 Å². The lowest BCUT2D eigenvalue weighted by atomic mass is 10.1. The highest BCUT2D eigenvalue weighted by Crippen LogP contribution is 2.13. The highest BCUT2D eigenvalue weighted by atomic mass is 15.2. The normalized spacial score (nSPS) is 22.3. The van der Waals surface area contributed by atoms with Crippen LogP contribution < -0.4 is 5.32 Å². The van der Waals surface area contributed by atoms with Crippen LogP contribution in [0.5, 0.6) is 0 Å². The molecule has 1 aliphatic rings. The molecule has 0 aromatic heterocycles. The van der Waals surface area contributed by atoms with E-state index in [2.05, 4.69) is 49.2 Å². The maximum Gasteiger partial charge on any atom is 0.0237 e. The van der Waals surface area contributed by atoms with E-state index in [1.807, 2.05) is 0 Å². The van der Waals surface area contributed by atoms with Gasteiger partial charge in [0.05, 0.1) is 0 Å². The first-order valence-electron chi connectivity index (χ1n) is 6.17. The third-order valence-electron chi connectivity index (χ3n) is 3.31. The molecule has 0 spiro atoms. The van der Waals surface area contributed by atoms with Crippen LogP contribution in [-0.4, -0.2) is 30.6 Å². The van der Waals surface area contributed by atoms with E-state index in [1.54, 1.807) is 0 Å². The molecular formula is C14H22N2. The highest BCUT2D eigenvalue weighted by Gasteiger charge is 2.17. The third kappa shape index (κ3) is 2.83. The van der Waals surface area contributed by atoms with Gasteiger partial charge in [0.2, 0.25) is 0 Å². The molecule has 1 unspecified atom stereocenters. The van der Waals surface area contributed by atoms with Crippen molar-refractivity contribution in [3.63, 3.8) is 0 Å². The van der Waals surface area contributed by atoms with Gasteiger partial charge in [-0.1, -0.05) is 29.3 Å². The van der Waals surface area contributed by atoms with Crippen molar-refractivity contribution in [2.45, 2.75) is 33.4 Å². The molecule has 0 radical (unpaired) electrons. The van der Waals surface area contributed by atoms with Crippen LogP contribution in [0.15, 0.2) is 18.2 Å². The molecule has 0 bridgehead atoms. The maximum atomic E-state index is 3.43. The minimum Gasteiger partial charge on any atom is -0.314 e. The summed E-state index contributed by atoms with van der Waals surface area (Å²) in [5.74, 6) is 0. The van der Waals surface area contributed by atoms with Gasteiger partial charge >= 0.3 is 0 Å². The molecule has 0 amide bonds. The van der Waals surface area contributed by atoms with E-state index in [-0.39, 0.29) is 0 Å². The minimum atomic E-state index is 0.648. The van der Waals surface area contributed by atoms with Gasteiger partial charge in [0, 0.05) is 32.2 Å². The average Bonchev–Trinajstić information content (AvgIpc) is 2.20. The number of aryl methyl sites for hydroxylation is 2. The quantitative estimate of drug-likeness (QED) is 0.818. The minimum absolute atomic E-state index is 0.648. The van der Waals surface area contributed by atoms with E-state index >= 15 is 0 Å². The van der Waals surface area contributed by atoms with E-state index in [4.69, 9.17) is 0 Å². The number of hydrogen-bond donors (Lipinski definition) is 1. The Morgan fingerprint density at radius 2 is 1.94 bits per heavy atom. The molecule has 1 heterocycles. The lowest BCUT2D eigenvalue weighted by Crippen LogP contribution is -2.49. The predicted molar refractivity (Wildman–Crippen MR) is 68.7 cm³/mol. The lowest BCUT2D eigenvalue weighted by Gasteiger charge is -2.34. The number of nitrogens with zero attached hydrogens (tertiary/aromatic N) is 1. The van der Waals surface area contributed by atoms with Crippen molar-refractivity contribution in [1.82, 2.24) is 10.2 Å². The summed E-state index contributed by atoms with van der Waals surface area (Å²) >= 11 is 0. The Balaban J connectivity index is 2.07. The summed E-state index contributed by atoms with van der Waals surface area (Å²) in [6, 6.07) is 7.50. The van der Waals surface area contributed by atoms with Crippen molar-refractivity contribution in [2.75, 3.05) is 19.6 Å². The zero-order valence-corrected chi connectivity index (χ0v) is 10.6. The maximum absolute atomic E-state index is 3.43. The summed E-state index contributed by atoms with van der Waals surface area (Å²) in [6.07, 6.45) is 0.